The van der Waals surface area contributed by atoms with E-state index in [0.29, 0.717) is 0 Å². The molecule has 1 aliphatic rings. The van der Waals surface area contributed by atoms with E-state index in [-0.39, 0.29) is 18.1 Å². The van der Waals surface area contributed by atoms with E-state index in [2.05, 4.69) is 17.4 Å². The molecule has 0 saturated heterocycles. The van der Waals surface area contributed by atoms with Crippen molar-refractivity contribution in [1.82, 2.24) is 5.32 Å². The molecule has 1 unspecified atom stereocenters. The molecule has 3 N–H and O–H groups in total. The number of carbonyl (C=O) groups is 1. The summed E-state index contributed by atoms with van der Waals surface area (Å²) in [5.41, 5.74) is 6.70. The quantitative estimate of drug-likeness (QED) is 0.821. The van der Waals surface area contributed by atoms with Crippen LogP contribution in [0.25, 0.3) is 0 Å². The van der Waals surface area contributed by atoms with Crippen LogP contribution < -0.4 is 11.1 Å². The van der Waals surface area contributed by atoms with Crippen LogP contribution in [0.2, 0.25) is 0 Å². The van der Waals surface area contributed by atoms with Gasteiger partial charge < -0.3 is 15.8 Å². The van der Waals surface area contributed by atoms with Crippen molar-refractivity contribution < 1.29 is 9.53 Å². The molecule has 98 valence electrons. The van der Waals surface area contributed by atoms with Crippen LogP contribution in [0.3, 0.4) is 0 Å². The Labute approximate surface area is 108 Å². The van der Waals surface area contributed by atoms with Crippen molar-refractivity contribution in [3.63, 3.8) is 0 Å². The fraction of sp³-hybridized carbons (Fsp3) is 0.500. The van der Waals surface area contributed by atoms with Gasteiger partial charge in [-0.15, -0.1) is 0 Å². The van der Waals surface area contributed by atoms with Crippen molar-refractivity contribution in [2.45, 2.75) is 30.8 Å². The number of carbonyl (C=O) groups excluding carboxylic acids is 1. The molecule has 4 nitrogen and oxygen atoms in total. The number of amides is 1. The van der Waals surface area contributed by atoms with Gasteiger partial charge in [-0.05, 0) is 24.8 Å². The molecule has 1 aromatic rings. The smallest absolute Gasteiger partial charge is 0.239 e. The first-order valence-corrected chi connectivity index (χ1v) is 6.30. The van der Waals surface area contributed by atoms with Gasteiger partial charge in [0.05, 0.1) is 12.1 Å². The number of rotatable bonds is 5. The van der Waals surface area contributed by atoms with E-state index in [4.69, 9.17) is 10.5 Å². The first-order chi connectivity index (χ1) is 8.68. The molecule has 0 aromatic heterocycles. The Morgan fingerprint density at radius 2 is 2.11 bits per heavy atom. The molecule has 1 saturated carbocycles. The molecule has 18 heavy (non-hydrogen) atoms. The average molecular weight is 248 g/mol. The molecule has 0 radical (unpaired) electrons. The van der Waals surface area contributed by atoms with E-state index < -0.39 is 6.04 Å². The van der Waals surface area contributed by atoms with Crippen LogP contribution in [0.5, 0.6) is 0 Å². The zero-order valence-corrected chi connectivity index (χ0v) is 10.7. The van der Waals surface area contributed by atoms with E-state index in [1.165, 1.54) is 0 Å². The van der Waals surface area contributed by atoms with Crippen LogP contribution in [0.4, 0.5) is 0 Å². The topological polar surface area (TPSA) is 64.3 Å². The highest BCUT2D eigenvalue weighted by Crippen LogP contribution is 2.41. The summed E-state index contributed by atoms with van der Waals surface area (Å²) in [4.78, 5) is 12.0. The number of methoxy groups -OCH3 is 1. The molecular formula is C14H20N2O2. The van der Waals surface area contributed by atoms with Crippen molar-refractivity contribution in [3.05, 3.63) is 35.9 Å². The Bertz CT molecular complexity index is 402. The molecule has 1 aromatic carbocycles. The summed E-state index contributed by atoms with van der Waals surface area (Å²) >= 11 is 0. The molecule has 0 aliphatic heterocycles. The summed E-state index contributed by atoms with van der Waals surface area (Å²) in [5, 5.41) is 3.09. The third-order valence-corrected chi connectivity index (χ3v) is 3.58. The van der Waals surface area contributed by atoms with Crippen LogP contribution in [0.1, 0.15) is 24.8 Å². The maximum Gasteiger partial charge on any atom is 0.239 e. The summed E-state index contributed by atoms with van der Waals surface area (Å²) < 4.78 is 4.91. The van der Waals surface area contributed by atoms with Crippen molar-refractivity contribution in [1.29, 1.82) is 0 Å². The molecule has 1 aliphatic carbocycles. The lowest BCUT2D eigenvalue weighted by Gasteiger charge is -2.43. The van der Waals surface area contributed by atoms with Crippen LogP contribution in [-0.2, 0) is 15.1 Å². The third-order valence-electron chi connectivity index (χ3n) is 3.58. The number of nitrogens with one attached hydrogen (secondary N) is 1. The van der Waals surface area contributed by atoms with Crippen LogP contribution in [0.15, 0.2) is 30.3 Å². The Balaban J connectivity index is 2.08. The van der Waals surface area contributed by atoms with Gasteiger partial charge in [0.1, 0.15) is 6.04 Å². The van der Waals surface area contributed by atoms with E-state index in [1.807, 2.05) is 18.2 Å². The lowest BCUT2D eigenvalue weighted by Crippen LogP contribution is -2.56. The Kier molecular flexibility index (Phi) is 3.99. The van der Waals surface area contributed by atoms with E-state index in [9.17, 15) is 4.79 Å². The van der Waals surface area contributed by atoms with Gasteiger partial charge in [-0.25, -0.2) is 0 Å². The maximum atomic E-state index is 12.0. The zero-order valence-electron chi connectivity index (χ0n) is 10.7. The molecular weight excluding hydrogens is 228 g/mol. The summed E-state index contributed by atoms with van der Waals surface area (Å²) in [7, 11) is 1.55. The summed E-state index contributed by atoms with van der Waals surface area (Å²) in [6.45, 7) is 0.247. The highest BCUT2D eigenvalue weighted by atomic mass is 16.5. The van der Waals surface area contributed by atoms with Gasteiger partial charge >= 0.3 is 0 Å². The number of benzene rings is 1. The second-order valence-corrected chi connectivity index (χ2v) is 4.85. The minimum Gasteiger partial charge on any atom is -0.383 e. The first kappa shape index (κ1) is 13.1. The Morgan fingerprint density at radius 1 is 1.44 bits per heavy atom. The average Bonchev–Trinajstić information content (AvgIpc) is 2.35. The molecule has 2 rings (SSSR count). The van der Waals surface area contributed by atoms with E-state index in [1.54, 1.807) is 7.11 Å². The second-order valence-electron chi connectivity index (χ2n) is 4.85. The predicted octanol–water partition coefficient (Wildman–Crippen LogP) is 1.16. The van der Waals surface area contributed by atoms with Crippen LogP contribution in [0, 0.1) is 0 Å². The summed E-state index contributed by atoms with van der Waals surface area (Å²) in [6, 6.07) is 9.49. The fourth-order valence-electron chi connectivity index (χ4n) is 2.36. The summed E-state index contributed by atoms with van der Waals surface area (Å²) in [5.74, 6) is -0.139. The van der Waals surface area contributed by atoms with Gasteiger partial charge in [-0.1, -0.05) is 30.3 Å². The van der Waals surface area contributed by atoms with Gasteiger partial charge in [-0.2, -0.15) is 0 Å². The maximum absolute atomic E-state index is 12.0. The number of hydrogen-bond donors (Lipinski definition) is 2. The minimum absolute atomic E-state index is 0.139. The Hall–Kier alpha value is -1.39. The zero-order chi connectivity index (χ0) is 13.0. The van der Waals surface area contributed by atoms with Crippen molar-refractivity contribution >= 4 is 5.91 Å². The Morgan fingerprint density at radius 3 is 2.61 bits per heavy atom. The molecule has 1 amide bonds. The number of nitrogens with two attached hydrogens (primary N) is 1. The predicted molar refractivity (Wildman–Crippen MR) is 70.0 cm³/mol. The lowest BCUT2D eigenvalue weighted by atomic mass is 9.71. The van der Waals surface area contributed by atoms with Crippen LogP contribution >= 0.6 is 0 Å². The highest BCUT2D eigenvalue weighted by molar-refractivity contribution is 5.82. The fourth-order valence-corrected chi connectivity index (χ4v) is 2.36. The van der Waals surface area contributed by atoms with Gasteiger partial charge in [-0.3, -0.25) is 4.79 Å². The van der Waals surface area contributed by atoms with Crippen LogP contribution in [-0.4, -0.2) is 25.7 Å². The van der Waals surface area contributed by atoms with Gasteiger partial charge in [0.2, 0.25) is 5.91 Å². The van der Waals surface area contributed by atoms with Gasteiger partial charge in [0.25, 0.3) is 0 Å². The molecule has 0 bridgehead atoms. The number of hydrogen-bond acceptors (Lipinski definition) is 3. The normalized spacial score (nSPS) is 18.8. The van der Waals surface area contributed by atoms with E-state index >= 15 is 0 Å². The number of ether oxygens (including phenoxy) is 1. The highest BCUT2D eigenvalue weighted by Gasteiger charge is 2.40. The molecule has 1 atom stereocenters. The minimum atomic E-state index is -0.601. The molecule has 1 fully saturated rings. The third kappa shape index (κ3) is 2.54. The molecule has 0 heterocycles. The van der Waals surface area contributed by atoms with Gasteiger partial charge in [0, 0.05) is 7.11 Å². The standard InChI is InChI=1S/C14H20N2O2/c1-18-10-12(15)13(17)16-14(8-5-9-14)11-6-3-2-4-7-11/h2-4,6-7,12H,5,8-10,15H2,1H3,(H,16,17). The van der Waals surface area contributed by atoms with Gasteiger partial charge in [0.15, 0.2) is 0 Å². The summed E-state index contributed by atoms with van der Waals surface area (Å²) in [6.07, 6.45) is 3.08. The molecule has 0 spiro atoms. The van der Waals surface area contributed by atoms with Crippen molar-refractivity contribution in [3.8, 4) is 0 Å². The molecule has 4 heteroatoms. The van der Waals surface area contributed by atoms with Crippen molar-refractivity contribution in [2.75, 3.05) is 13.7 Å². The van der Waals surface area contributed by atoms with Crippen molar-refractivity contribution in [2.24, 2.45) is 5.73 Å². The lowest BCUT2D eigenvalue weighted by molar-refractivity contribution is -0.126. The first-order valence-electron chi connectivity index (χ1n) is 6.30. The largest absolute Gasteiger partial charge is 0.383 e. The second kappa shape index (κ2) is 5.50. The van der Waals surface area contributed by atoms with E-state index in [0.717, 1.165) is 24.8 Å². The monoisotopic (exact) mass is 248 g/mol. The SMILES string of the molecule is COCC(N)C(=O)NC1(c2ccccc2)CCC1.